The summed E-state index contributed by atoms with van der Waals surface area (Å²) in [7, 11) is 0. The predicted molar refractivity (Wildman–Crippen MR) is 142 cm³/mol. The number of azide groups is 1. The molecule has 9 heteroatoms. The first-order valence-corrected chi connectivity index (χ1v) is 12.1. The van der Waals surface area contributed by atoms with E-state index in [1.165, 1.54) is 0 Å². The van der Waals surface area contributed by atoms with Crippen LogP contribution in [0.2, 0.25) is 0 Å². The number of aliphatic carboxylic acids is 1. The van der Waals surface area contributed by atoms with E-state index in [9.17, 15) is 14.7 Å². The smallest absolute Gasteiger partial charge is 0.328 e. The van der Waals surface area contributed by atoms with Gasteiger partial charge >= 0.3 is 5.97 Å². The van der Waals surface area contributed by atoms with Crippen LogP contribution in [-0.4, -0.2) is 52.8 Å². The molecule has 1 amide bonds. The molecule has 188 valence electrons. The maximum Gasteiger partial charge on any atom is 0.328 e. The van der Waals surface area contributed by atoms with E-state index in [2.05, 4.69) is 37.4 Å². The van der Waals surface area contributed by atoms with Gasteiger partial charge in [0.1, 0.15) is 0 Å². The molecule has 0 saturated carbocycles. The van der Waals surface area contributed by atoms with Crippen LogP contribution in [0.15, 0.2) is 95.0 Å². The fourth-order valence-corrected chi connectivity index (χ4v) is 4.48. The first-order valence-electron chi connectivity index (χ1n) is 12.1. The highest BCUT2D eigenvalue weighted by molar-refractivity contribution is 6.17. The summed E-state index contributed by atoms with van der Waals surface area (Å²) in [6, 6.07) is 24.9. The molecule has 1 saturated heterocycles. The van der Waals surface area contributed by atoms with Crippen molar-refractivity contribution >= 4 is 23.3 Å². The van der Waals surface area contributed by atoms with Crippen LogP contribution in [0.3, 0.4) is 0 Å². The number of carbonyl (C=O) groups excluding carboxylic acids is 1. The number of benzene rings is 3. The second kappa shape index (κ2) is 12.5. The number of rotatable bonds is 10. The summed E-state index contributed by atoms with van der Waals surface area (Å²) in [6.45, 7) is 1.20. The summed E-state index contributed by atoms with van der Waals surface area (Å²) in [4.78, 5) is 34.7. The molecule has 1 heterocycles. The Labute approximate surface area is 215 Å². The van der Waals surface area contributed by atoms with E-state index in [0.717, 1.165) is 24.9 Å². The van der Waals surface area contributed by atoms with Gasteiger partial charge in [-0.1, -0.05) is 84.0 Å². The van der Waals surface area contributed by atoms with Gasteiger partial charge in [0.25, 0.3) is 0 Å². The number of para-hydroxylation sites is 1. The van der Waals surface area contributed by atoms with Crippen LogP contribution in [0, 0.1) is 0 Å². The SMILES string of the molecule is [N-]=[N+]=NC[C@H](N=C(c1ccccc1)c1ccccc1NC(=O)C1CCCN1Cc1ccccc1)C(=O)O. The van der Waals surface area contributed by atoms with Gasteiger partial charge in [-0.05, 0) is 36.5 Å². The van der Waals surface area contributed by atoms with Gasteiger partial charge in [-0.15, -0.1) is 0 Å². The van der Waals surface area contributed by atoms with Crippen LogP contribution < -0.4 is 5.32 Å². The van der Waals surface area contributed by atoms with Crippen LogP contribution in [-0.2, 0) is 16.1 Å². The zero-order chi connectivity index (χ0) is 26.0. The Balaban J connectivity index is 1.64. The molecular formula is C28H28N6O3. The molecule has 1 unspecified atom stereocenters. The number of likely N-dealkylation sites (tertiary alicyclic amines) is 1. The van der Waals surface area contributed by atoms with Crippen LogP contribution in [0.5, 0.6) is 0 Å². The number of nitrogens with one attached hydrogen (secondary N) is 1. The number of carboxylic acid groups (broad SMARTS) is 1. The van der Waals surface area contributed by atoms with Crippen molar-refractivity contribution < 1.29 is 14.7 Å². The highest BCUT2D eigenvalue weighted by atomic mass is 16.4. The van der Waals surface area contributed by atoms with Crippen molar-refractivity contribution in [3.63, 3.8) is 0 Å². The molecule has 2 N–H and O–H groups in total. The average Bonchev–Trinajstić information content (AvgIpc) is 3.38. The summed E-state index contributed by atoms with van der Waals surface area (Å²) in [5.41, 5.74) is 12.0. The van der Waals surface area contributed by atoms with Crippen molar-refractivity contribution in [3.05, 3.63) is 112 Å². The maximum atomic E-state index is 13.5. The van der Waals surface area contributed by atoms with Crippen LogP contribution in [0.25, 0.3) is 10.4 Å². The third-order valence-corrected chi connectivity index (χ3v) is 6.27. The number of aliphatic imine (C=N–C) groups is 1. The minimum atomic E-state index is -1.27. The van der Waals surface area contributed by atoms with Gasteiger partial charge in [0.05, 0.1) is 24.0 Å². The second-order valence-corrected chi connectivity index (χ2v) is 8.76. The summed E-state index contributed by atoms with van der Waals surface area (Å²) in [6.07, 6.45) is 1.69. The fraction of sp³-hybridized carbons (Fsp3) is 0.250. The van der Waals surface area contributed by atoms with Gasteiger partial charge < -0.3 is 10.4 Å². The van der Waals surface area contributed by atoms with Crippen molar-refractivity contribution in [2.45, 2.75) is 31.5 Å². The molecule has 0 bridgehead atoms. The van der Waals surface area contributed by atoms with E-state index < -0.39 is 12.0 Å². The Hall–Kier alpha value is -4.46. The molecule has 0 spiro atoms. The Morgan fingerprint density at radius 1 is 1.03 bits per heavy atom. The van der Waals surface area contributed by atoms with Crippen LogP contribution in [0.4, 0.5) is 5.69 Å². The monoisotopic (exact) mass is 496 g/mol. The lowest BCUT2D eigenvalue weighted by Gasteiger charge is -2.24. The van der Waals surface area contributed by atoms with Crippen molar-refractivity contribution in [1.82, 2.24) is 4.90 Å². The Morgan fingerprint density at radius 3 is 2.41 bits per heavy atom. The van der Waals surface area contributed by atoms with Gasteiger partial charge in [0, 0.05) is 22.6 Å². The molecule has 1 fully saturated rings. The van der Waals surface area contributed by atoms with E-state index >= 15 is 0 Å². The van der Waals surface area contributed by atoms with Crippen molar-refractivity contribution in [3.8, 4) is 0 Å². The molecule has 3 aromatic rings. The van der Waals surface area contributed by atoms with Crippen LogP contribution in [0.1, 0.15) is 29.5 Å². The number of nitrogens with zero attached hydrogens (tertiary/aromatic N) is 5. The number of anilines is 1. The summed E-state index contributed by atoms with van der Waals surface area (Å²) < 4.78 is 0. The molecule has 0 aliphatic carbocycles. The minimum absolute atomic E-state index is 0.114. The average molecular weight is 497 g/mol. The van der Waals surface area contributed by atoms with Gasteiger partial charge in [-0.25, -0.2) is 4.79 Å². The van der Waals surface area contributed by atoms with E-state index in [4.69, 9.17) is 5.53 Å². The highest BCUT2D eigenvalue weighted by Crippen LogP contribution is 2.25. The van der Waals surface area contributed by atoms with Crippen molar-refractivity contribution in [1.29, 1.82) is 0 Å². The van der Waals surface area contributed by atoms with E-state index in [1.807, 2.05) is 60.7 Å². The summed E-state index contributed by atoms with van der Waals surface area (Å²) >= 11 is 0. The largest absolute Gasteiger partial charge is 0.480 e. The lowest BCUT2D eigenvalue weighted by atomic mass is 9.99. The molecule has 4 rings (SSSR count). The lowest BCUT2D eigenvalue weighted by molar-refractivity contribution is -0.138. The number of hydrogen-bond acceptors (Lipinski definition) is 5. The molecule has 3 aromatic carbocycles. The molecule has 0 aromatic heterocycles. The maximum absolute atomic E-state index is 13.5. The molecule has 0 radical (unpaired) electrons. The van der Waals surface area contributed by atoms with E-state index in [-0.39, 0.29) is 18.5 Å². The van der Waals surface area contributed by atoms with Crippen molar-refractivity contribution in [2.75, 3.05) is 18.4 Å². The van der Waals surface area contributed by atoms with Gasteiger partial charge in [-0.2, -0.15) is 0 Å². The zero-order valence-corrected chi connectivity index (χ0v) is 20.3. The topological polar surface area (TPSA) is 131 Å². The first-order chi connectivity index (χ1) is 18.1. The molecule has 2 atom stereocenters. The highest BCUT2D eigenvalue weighted by Gasteiger charge is 2.31. The normalized spacial score (nSPS) is 16.5. The minimum Gasteiger partial charge on any atom is -0.480 e. The fourth-order valence-electron chi connectivity index (χ4n) is 4.48. The molecule has 37 heavy (non-hydrogen) atoms. The number of amides is 1. The first kappa shape index (κ1) is 25.6. The third kappa shape index (κ3) is 6.61. The lowest BCUT2D eigenvalue weighted by Crippen LogP contribution is -2.39. The molecule has 1 aliphatic rings. The van der Waals surface area contributed by atoms with E-state index in [1.54, 1.807) is 12.1 Å². The summed E-state index contributed by atoms with van der Waals surface area (Å²) in [5, 5.41) is 16.2. The second-order valence-electron chi connectivity index (χ2n) is 8.76. The third-order valence-electron chi connectivity index (χ3n) is 6.27. The molecule has 9 nitrogen and oxygen atoms in total. The predicted octanol–water partition coefficient (Wildman–Crippen LogP) is 4.89. The zero-order valence-electron chi connectivity index (χ0n) is 20.3. The standard InChI is InChI=1S/C28H28N6O3/c29-33-30-18-24(28(36)37)31-26(21-12-5-2-6-13-21)22-14-7-8-15-23(22)32-27(35)25-16-9-17-34(25)19-20-10-3-1-4-11-20/h1-8,10-15,24-25H,9,16-19H2,(H,32,35)(H,36,37)/t24-,25?/m0/s1. The number of carbonyl (C=O) groups is 2. The molecular weight excluding hydrogens is 468 g/mol. The van der Waals surface area contributed by atoms with E-state index in [0.29, 0.717) is 29.1 Å². The van der Waals surface area contributed by atoms with Crippen molar-refractivity contribution in [2.24, 2.45) is 10.1 Å². The quantitative estimate of drug-likeness (QED) is 0.179. The van der Waals surface area contributed by atoms with Crippen LogP contribution >= 0.6 is 0 Å². The van der Waals surface area contributed by atoms with Gasteiger partial charge in [-0.3, -0.25) is 14.7 Å². The summed E-state index contributed by atoms with van der Waals surface area (Å²) in [5.74, 6) is -1.32. The van der Waals surface area contributed by atoms with Gasteiger partial charge in [0.15, 0.2) is 6.04 Å². The molecule has 1 aliphatic heterocycles. The number of carboxylic acids is 1. The Morgan fingerprint density at radius 2 is 1.70 bits per heavy atom. The number of hydrogen-bond donors (Lipinski definition) is 2. The Bertz CT molecular complexity index is 1310. The Kier molecular flexibility index (Phi) is 8.65. The van der Waals surface area contributed by atoms with Gasteiger partial charge in [0.2, 0.25) is 5.91 Å².